The highest BCUT2D eigenvalue weighted by Gasteiger charge is 2.43. The summed E-state index contributed by atoms with van der Waals surface area (Å²) in [5, 5.41) is 18.1. The number of thioether (sulfide) groups is 1. The maximum atomic E-state index is 14.3. The second-order valence-electron chi connectivity index (χ2n) is 17.7. The van der Waals surface area contributed by atoms with Crippen LogP contribution in [0.2, 0.25) is 0 Å². The Morgan fingerprint density at radius 1 is 1.03 bits per heavy atom. The summed E-state index contributed by atoms with van der Waals surface area (Å²) in [6.45, 7) is 17.5. The molecule has 3 N–H and O–H groups in total. The summed E-state index contributed by atoms with van der Waals surface area (Å²) in [5.74, 6) is -1.57. The molecular weight excluding hydrogens is 759 g/mol. The van der Waals surface area contributed by atoms with Gasteiger partial charge in [-0.05, 0) is 74.5 Å². The van der Waals surface area contributed by atoms with E-state index in [-0.39, 0.29) is 36.1 Å². The number of rotatable bonds is 5. The molecular formula is C44H67N5O8S. The van der Waals surface area contributed by atoms with Crippen molar-refractivity contribution in [1.29, 1.82) is 0 Å². The average molecular weight is 826 g/mol. The Balaban J connectivity index is 1.71. The number of aliphatic imine (C=N–C) groups is 1. The third-order valence-corrected chi connectivity index (χ3v) is 13.3. The lowest BCUT2D eigenvalue weighted by Crippen LogP contribution is -2.59. The van der Waals surface area contributed by atoms with Crippen LogP contribution in [-0.4, -0.2) is 118 Å². The van der Waals surface area contributed by atoms with Gasteiger partial charge in [-0.3, -0.25) is 24.2 Å². The molecule has 3 aliphatic heterocycles. The molecule has 0 aromatic heterocycles. The molecule has 1 saturated heterocycles. The fourth-order valence-corrected chi connectivity index (χ4v) is 8.78. The highest BCUT2D eigenvalue weighted by molar-refractivity contribution is 8.14. The van der Waals surface area contributed by atoms with Crippen LogP contribution >= 0.6 is 11.8 Å². The molecule has 13 nitrogen and oxygen atoms in total. The van der Waals surface area contributed by atoms with Crippen molar-refractivity contribution < 1.29 is 38.6 Å². The number of aliphatic hydroxyl groups excluding tert-OH is 1. The third-order valence-electron chi connectivity index (χ3n) is 12.0. The van der Waals surface area contributed by atoms with Gasteiger partial charge in [0.25, 0.3) is 0 Å². The Labute approximate surface area is 349 Å². The molecule has 1 fully saturated rings. The molecule has 322 valence electrons. The predicted molar refractivity (Wildman–Crippen MR) is 227 cm³/mol. The molecule has 10 atom stereocenters. The summed E-state index contributed by atoms with van der Waals surface area (Å²) in [6, 6.07) is 3.10. The van der Waals surface area contributed by atoms with Crippen LogP contribution in [0.1, 0.15) is 100.0 Å². The fourth-order valence-electron chi connectivity index (χ4n) is 7.64. The van der Waals surface area contributed by atoms with E-state index in [1.165, 1.54) is 11.9 Å². The van der Waals surface area contributed by atoms with E-state index >= 15 is 0 Å². The maximum absolute atomic E-state index is 14.3. The zero-order chi connectivity index (χ0) is 43.1. The first-order chi connectivity index (χ1) is 27.2. The van der Waals surface area contributed by atoms with Crippen molar-refractivity contribution in [2.45, 2.75) is 143 Å². The molecule has 4 rings (SSSR count). The topological polar surface area (TPSA) is 167 Å². The van der Waals surface area contributed by atoms with Gasteiger partial charge in [-0.2, -0.15) is 0 Å². The molecule has 1 aromatic carbocycles. The van der Waals surface area contributed by atoms with E-state index in [1.54, 1.807) is 55.8 Å². The number of benzene rings is 1. The number of methoxy groups -OCH3 is 1. The fraction of sp³-hybridized carbons (Fsp3) is 0.682. The minimum atomic E-state index is -1.03. The first-order valence-electron chi connectivity index (χ1n) is 20.8. The molecule has 1 unspecified atom stereocenters. The molecule has 14 heteroatoms. The van der Waals surface area contributed by atoms with Crippen LogP contribution in [-0.2, 0) is 35.1 Å². The number of nitrogens with one attached hydrogen (secondary N) is 2. The van der Waals surface area contributed by atoms with Gasteiger partial charge >= 0.3 is 5.97 Å². The molecule has 4 amide bonds. The number of amides is 4. The zero-order valence-corrected chi connectivity index (χ0v) is 37.2. The van der Waals surface area contributed by atoms with Crippen molar-refractivity contribution in [3.63, 3.8) is 0 Å². The van der Waals surface area contributed by atoms with E-state index in [0.29, 0.717) is 55.7 Å². The number of hydrogen-bond donors (Lipinski definition) is 3. The van der Waals surface area contributed by atoms with Gasteiger partial charge in [-0.15, -0.1) is 11.8 Å². The van der Waals surface area contributed by atoms with Crippen LogP contribution in [0.3, 0.4) is 0 Å². The number of fused-ring (bicyclic) bond motifs is 2. The van der Waals surface area contributed by atoms with Crippen molar-refractivity contribution in [3.8, 4) is 5.75 Å². The maximum Gasteiger partial charge on any atom is 0.329 e. The van der Waals surface area contributed by atoms with Gasteiger partial charge in [-0.25, -0.2) is 4.79 Å². The Hall–Kier alpha value is -3.91. The Morgan fingerprint density at radius 2 is 1.71 bits per heavy atom. The molecule has 0 radical (unpaired) electrons. The molecule has 0 aliphatic carbocycles. The summed E-state index contributed by atoms with van der Waals surface area (Å²) < 4.78 is 11.6. The third kappa shape index (κ3) is 11.9. The number of ether oxygens (including phenoxy) is 2. The van der Waals surface area contributed by atoms with Gasteiger partial charge < -0.3 is 35.0 Å². The van der Waals surface area contributed by atoms with Gasteiger partial charge in [0.05, 0.1) is 24.3 Å². The van der Waals surface area contributed by atoms with Crippen LogP contribution in [0, 0.1) is 23.2 Å². The molecule has 0 spiro atoms. The largest absolute Gasteiger partial charge is 0.497 e. The molecule has 58 heavy (non-hydrogen) atoms. The van der Waals surface area contributed by atoms with E-state index in [2.05, 4.69) is 10.6 Å². The van der Waals surface area contributed by atoms with E-state index < -0.39 is 65.5 Å². The first kappa shape index (κ1) is 46.8. The van der Waals surface area contributed by atoms with Gasteiger partial charge in [0.2, 0.25) is 23.6 Å². The van der Waals surface area contributed by atoms with E-state index in [4.69, 9.17) is 14.5 Å². The van der Waals surface area contributed by atoms with Crippen molar-refractivity contribution >= 4 is 46.4 Å². The number of aliphatic hydroxyl groups is 1. The average Bonchev–Trinajstić information content (AvgIpc) is 3.87. The van der Waals surface area contributed by atoms with Crippen molar-refractivity contribution in [2.75, 3.05) is 26.5 Å². The normalized spacial score (nSPS) is 31.8. The number of nitrogens with zero attached hydrogens (tertiary/aromatic N) is 3. The molecule has 0 saturated carbocycles. The molecule has 3 aliphatic rings. The lowest BCUT2D eigenvalue weighted by atomic mass is 9.81. The lowest BCUT2D eigenvalue weighted by Gasteiger charge is -2.36. The highest BCUT2D eigenvalue weighted by atomic mass is 32.2. The standard InChI is InChI=1S/C44H67N5O8S/c1-12-26(3)37-42(54)49-19-13-14-34(49)43(55)57-36(44(7,8)9)21-25(2)20-35(50)28(5)40-45-31(24-58-40)22-27(4)38(51)46-33(23-30-15-17-32(56-11)18-16-30)41(53)48(10)29(6)39(52)47-37/h15-18,22,25-26,28-29,31,33-37,50H,12-14,19-21,23-24H2,1-11H3,(H,46,51)(H,47,52)/b27-22-/t25-,26-,28-,29-,31-,33-,34?,35-,36-,37-/m0/s1. The quantitative estimate of drug-likeness (QED) is 0.349. The number of carbonyl (C=O) groups is 5. The van der Waals surface area contributed by atoms with E-state index in [1.807, 2.05) is 60.6 Å². The molecule has 1 aromatic rings. The SMILES string of the molecule is CC[C@H](C)[C@@H]1NC(=O)[C@H](C)N(C)C(=O)[C@H](Cc2ccc(OC)cc2)NC(=O)/C(C)=C\[C@H]2CSC(=N2)[C@@H](C)[C@@H](O)C[C@H](C)C[C@@H](C(C)(C)C)OC(=O)C2CCCN2C1=O. The summed E-state index contributed by atoms with van der Waals surface area (Å²) in [5.41, 5.74) is 0.753. The minimum absolute atomic E-state index is 0.00223. The number of likely N-dealkylation sites (N-methyl/N-ethyl adjacent to an activating group) is 1. The minimum Gasteiger partial charge on any atom is -0.497 e. The Kier molecular flexibility index (Phi) is 16.4. The summed E-state index contributed by atoms with van der Waals surface area (Å²) in [6.07, 6.45) is 3.38. The monoisotopic (exact) mass is 825 g/mol. The summed E-state index contributed by atoms with van der Waals surface area (Å²) in [7, 11) is 3.07. The van der Waals surface area contributed by atoms with Crippen LogP contribution in [0.25, 0.3) is 0 Å². The Morgan fingerprint density at radius 3 is 2.33 bits per heavy atom. The smallest absolute Gasteiger partial charge is 0.329 e. The highest BCUT2D eigenvalue weighted by Crippen LogP contribution is 2.34. The predicted octanol–water partition coefficient (Wildman–Crippen LogP) is 4.94. The summed E-state index contributed by atoms with van der Waals surface area (Å²) in [4.78, 5) is 78.0. The zero-order valence-electron chi connectivity index (χ0n) is 36.4. The lowest BCUT2D eigenvalue weighted by molar-refractivity contribution is -0.165. The Bertz CT molecular complexity index is 1690. The second kappa shape index (κ2) is 20.4. The van der Waals surface area contributed by atoms with Crippen molar-refractivity contribution in [3.05, 3.63) is 41.5 Å². The van der Waals surface area contributed by atoms with Crippen LogP contribution < -0.4 is 15.4 Å². The van der Waals surface area contributed by atoms with Crippen molar-refractivity contribution in [1.82, 2.24) is 20.4 Å². The van der Waals surface area contributed by atoms with Crippen molar-refractivity contribution in [2.24, 2.45) is 28.2 Å². The van der Waals surface area contributed by atoms with Crippen LogP contribution in [0.5, 0.6) is 5.75 Å². The molecule has 2 bridgehead atoms. The number of carbonyl (C=O) groups excluding carboxylic acids is 5. The van der Waals surface area contributed by atoms with E-state index in [0.717, 1.165) is 10.6 Å². The van der Waals surface area contributed by atoms with E-state index in [9.17, 15) is 29.1 Å². The van der Waals surface area contributed by atoms with Crippen LogP contribution in [0.15, 0.2) is 40.9 Å². The van der Waals surface area contributed by atoms with Gasteiger partial charge in [0, 0.05) is 37.3 Å². The molecule has 3 heterocycles. The van der Waals surface area contributed by atoms with Gasteiger partial charge in [0.15, 0.2) is 0 Å². The number of cyclic esters (lactones) is 1. The second-order valence-corrected chi connectivity index (χ2v) is 18.7. The van der Waals surface area contributed by atoms with Gasteiger partial charge in [-0.1, -0.05) is 73.1 Å². The van der Waals surface area contributed by atoms with Crippen LogP contribution in [0.4, 0.5) is 0 Å². The number of esters is 1. The van der Waals surface area contributed by atoms with Gasteiger partial charge in [0.1, 0.15) is 36.0 Å². The first-order valence-corrected chi connectivity index (χ1v) is 21.8. The summed E-state index contributed by atoms with van der Waals surface area (Å²) >= 11 is 1.56. The number of hydrogen-bond acceptors (Lipinski definition) is 10.